The Bertz CT molecular complexity index is 658. The molecule has 3 N–H and O–H groups in total. The van der Waals surface area contributed by atoms with Crippen molar-refractivity contribution in [2.75, 3.05) is 12.4 Å². The van der Waals surface area contributed by atoms with Crippen molar-refractivity contribution in [3.8, 4) is 17.2 Å². The molecule has 0 saturated carbocycles. The van der Waals surface area contributed by atoms with E-state index in [1.165, 1.54) is 25.3 Å². The quantitative estimate of drug-likeness (QED) is 0.753. The topological polar surface area (TPSA) is 78.8 Å². The van der Waals surface area contributed by atoms with Gasteiger partial charge >= 0.3 is 0 Å². The molecule has 5 nitrogen and oxygen atoms in total. The van der Waals surface area contributed by atoms with Gasteiger partial charge in [-0.3, -0.25) is 4.79 Å². The fourth-order valence-electron chi connectivity index (χ4n) is 1.65. The Morgan fingerprint density at radius 2 is 2.00 bits per heavy atom. The van der Waals surface area contributed by atoms with E-state index in [-0.39, 0.29) is 22.7 Å². The highest BCUT2D eigenvalue weighted by Crippen LogP contribution is 2.30. The van der Waals surface area contributed by atoms with Crippen molar-refractivity contribution in [3.63, 3.8) is 0 Å². The number of benzene rings is 2. The third-order valence-electron chi connectivity index (χ3n) is 2.67. The van der Waals surface area contributed by atoms with E-state index in [0.717, 1.165) is 12.1 Å². The van der Waals surface area contributed by atoms with E-state index < -0.39 is 17.5 Å². The molecule has 0 unspecified atom stereocenters. The molecule has 2 aromatic carbocycles. The highest BCUT2D eigenvalue weighted by molar-refractivity contribution is 6.06. The molecule has 0 bridgehead atoms. The Balaban J connectivity index is 2.26. The first-order valence-electron chi connectivity index (χ1n) is 5.68. The maximum atomic E-state index is 13.2. The van der Waals surface area contributed by atoms with E-state index in [2.05, 4.69) is 5.32 Å². The number of hydrogen-bond acceptors (Lipinski definition) is 4. The fourth-order valence-corrected chi connectivity index (χ4v) is 1.65. The van der Waals surface area contributed by atoms with Crippen LogP contribution < -0.4 is 10.1 Å². The number of carbonyl (C=O) groups excluding carboxylic acids is 1. The fraction of sp³-hybridized carbons (Fsp3) is 0.0714. The third kappa shape index (κ3) is 2.64. The van der Waals surface area contributed by atoms with Crippen LogP contribution in [0, 0.1) is 5.82 Å². The number of carbonyl (C=O) groups is 1. The number of aromatic hydroxyl groups is 2. The Morgan fingerprint density at radius 1 is 1.25 bits per heavy atom. The molecular weight excluding hydrogens is 265 g/mol. The van der Waals surface area contributed by atoms with Gasteiger partial charge in [0.2, 0.25) is 0 Å². The molecule has 0 heterocycles. The molecule has 0 atom stereocenters. The second-order valence-corrected chi connectivity index (χ2v) is 3.98. The average molecular weight is 277 g/mol. The van der Waals surface area contributed by atoms with Gasteiger partial charge in [0.25, 0.3) is 5.91 Å². The van der Waals surface area contributed by atoms with Crippen LogP contribution in [0.25, 0.3) is 0 Å². The Kier molecular flexibility index (Phi) is 3.74. The van der Waals surface area contributed by atoms with Crippen LogP contribution in [-0.2, 0) is 0 Å². The molecule has 1 amide bonds. The van der Waals surface area contributed by atoms with Crippen molar-refractivity contribution in [2.45, 2.75) is 0 Å². The SMILES string of the molecule is COc1cccc(C(=O)Nc2ccc(O)c(F)c2)c1O. The van der Waals surface area contributed by atoms with Crippen LogP contribution in [0.3, 0.4) is 0 Å². The number of phenolic OH excluding ortho intramolecular Hbond substituents is 2. The number of rotatable bonds is 3. The maximum Gasteiger partial charge on any atom is 0.259 e. The number of phenols is 2. The van der Waals surface area contributed by atoms with Gasteiger partial charge in [-0.25, -0.2) is 4.39 Å². The summed E-state index contributed by atoms with van der Waals surface area (Å²) in [5.41, 5.74) is 0.158. The molecule has 0 aromatic heterocycles. The molecule has 2 rings (SSSR count). The predicted molar refractivity (Wildman–Crippen MR) is 70.7 cm³/mol. The molecule has 104 valence electrons. The van der Waals surface area contributed by atoms with Crippen molar-refractivity contribution in [1.82, 2.24) is 0 Å². The molecule has 0 saturated heterocycles. The van der Waals surface area contributed by atoms with E-state index in [4.69, 9.17) is 9.84 Å². The van der Waals surface area contributed by atoms with Gasteiger partial charge in [-0.2, -0.15) is 0 Å². The predicted octanol–water partition coefficient (Wildman–Crippen LogP) is 2.50. The molecule has 0 aliphatic heterocycles. The largest absolute Gasteiger partial charge is 0.505 e. The normalized spacial score (nSPS) is 10.1. The molecule has 0 spiro atoms. The van der Waals surface area contributed by atoms with Gasteiger partial charge in [0.05, 0.1) is 12.7 Å². The number of methoxy groups -OCH3 is 1. The van der Waals surface area contributed by atoms with E-state index in [1.54, 1.807) is 6.07 Å². The van der Waals surface area contributed by atoms with Gasteiger partial charge in [0.15, 0.2) is 23.1 Å². The zero-order valence-electron chi connectivity index (χ0n) is 10.6. The van der Waals surface area contributed by atoms with Gasteiger partial charge in [0.1, 0.15) is 0 Å². The van der Waals surface area contributed by atoms with Crippen LogP contribution in [0.4, 0.5) is 10.1 Å². The summed E-state index contributed by atoms with van der Waals surface area (Å²) < 4.78 is 18.1. The average Bonchev–Trinajstić information content (AvgIpc) is 2.43. The highest BCUT2D eigenvalue weighted by Gasteiger charge is 2.15. The lowest BCUT2D eigenvalue weighted by Crippen LogP contribution is -2.12. The van der Waals surface area contributed by atoms with Gasteiger partial charge in [-0.15, -0.1) is 0 Å². The first-order chi connectivity index (χ1) is 9.52. The van der Waals surface area contributed by atoms with Gasteiger partial charge in [0, 0.05) is 11.8 Å². The number of para-hydroxylation sites is 1. The number of ether oxygens (including phenoxy) is 1. The molecular formula is C14H12FNO4. The first kappa shape index (κ1) is 13.7. The lowest BCUT2D eigenvalue weighted by Gasteiger charge is -2.09. The highest BCUT2D eigenvalue weighted by atomic mass is 19.1. The maximum absolute atomic E-state index is 13.2. The van der Waals surface area contributed by atoms with Crippen molar-refractivity contribution in [2.24, 2.45) is 0 Å². The Labute approximate surface area is 114 Å². The van der Waals surface area contributed by atoms with Gasteiger partial charge in [-0.05, 0) is 24.3 Å². The van der Waals surface area contributed by atoms with Crippen LogP contribution in [0.1, 0.15) is 10.4 Å². The second-order valence-electron chi connectivity index (χ2n) is 3.98. The molecule has 0 fully saturated rings. The van der Waals surface area contributed by atoms with Crippen molar-refractivity contribution in [3.05, 3.63) is 47.8 Å². The summed E-state index contributed by atoms with van der Waals surface area (Å²) >= 11 is 0. The van der Waals surface area contributed by atoms with Crippen LogP contribution in [0.15, 0.2) is 36.4 Å². The van der Waals surface area contributed by atoms with Crippen LogP contribution in [0.5, 0.6) is 17.2 Å². The van der Waals surface area contributed by atoms with Crippen LogP contribution in [-0.4, -0.2) is 23.2 Å². The molecule has 6 heteroatoms. The monoisotopic (exact) mass is 277 g/mol. The summed E-state index contributed by atoms with van der Waals surface area (Å²) in [6.07, 6.45) is 0. The molecule has 0 aliphatic carbocycles. The third-order valence-corrected chi connectivity index (χ3v) is 2.67. The molecule has 0 radical (unpaired) electrons. The van der Waals surface area contributed by atoms with Crippen molar-refractivity contribution in [1.29, 1.82) is 0 Å². The summed E-state index contributed by atoms with van der Waals surface area (Å²) in [5, 5.41) is 21.3. The minimum Gasteiger partial charge on any atom is -0.505 e. The number of amides is 1. The number of anilines is 1. The zero-order valence-corrected chi connectivity index (χ0v) is 10.6. The van der Waals surface area contributed by atoms with E-state index >= 15 is 0 Å². The molecule has 20 heavy (non-hydrogen) atoms. The summed E-state index contributed by atoms with van der Waals surface area (Å²) in [6, 6.07) is 7.90. The van der Waals surface area contributed by atoms with E-state index in [9.17, 15) is 14.3 Å². The Morgan fingerprint density at radius 3 is 2.65 bits per heavy atom. The van der Waals surface area contributed by atoms with Crippen LogP contribution in [0.2, 0.25) is 0 Å². The lowest BCUT2D eigenvalue weighted by atomic mass is 10.1. The number of halogens is 1. The smallest absolute Gasteiger partial charge is 0.259 e. The molecule has 2 aromatic rings. The summed E-state index contributed by atoms with van der Waals surface area (Å²) in [4.78, 5) is 12.0. The molecule has 0 aliphatic rings. The zero-order chi connectivity index (χ0) is 14.7. The van der Waals surface area contributed by atoms with Crippen molar-refractivity contribution < 1.29 is 24.1 Å². The van der Waals surface area contributed by atoms with E-state index in [0.29, 0.717) is 0 Å². The van der Waals surface area contributed by atoms with Crippen LogP contribution >= 0.6 is 0 Å². The Hall–Kier alpha value is -2.76. The standard InChI is InChI=1S/C14H12FNO4/c1-20-12-4-2-3-9(13(12)18)14(19)16-8-5-6-11(17)10(15)7-8/h2-7,17-18H,1H3,(H,16,19). The van der Waals surface area contributed by atoms with E-state index in [1.807, 2.05) is 0 Å². The van der Waals surface area contributed by atoms with Gasteiger partial charge in [-0.1, -0.05) is 6.07 Å². The lowest BCUT2D eigenvalue weighted by molar-refractivity contribution is 0.102. The van der Waals surface area contributed by atoms with Crippen molar-refractivity contribution >= 4 is 11.6 Å². The summed E-state index contributed by atoms with van der Waals surface area (Å²) in [6.45, 7) is 0. The number of hydrogen-bond donors (Lipinski definition) is 3. The summed E-state index contributed by atoms with van der Waals surface area (Å²) in [5.74, 6) is -2.11. The minimum absolute atomic E-state index is 0.00201. The number of nitrogens with one attached hydrogen (secondary N) is 1. The minimum atomic E-state index is -0.849. The summed E-state index contributed by atoms with van der Waals surface area (Å²) in [7, 11) is 1.37. The first-order valence-corrected chi connectivity index (χ1v) is 5.68. The van der Waals surface area contributed by atoms with Gasteiger partial charge < -0.3 is 20.3 Å². The second kappa shape index (κ2) is 5.48.